The third-order valence-electron chi connectivity index (χ3n) is 14.8. The number of aliphatic hydroxyl groups is 5. The van der Waals surface area contributed by atoms with Crippen molar-refractivity contribution in [2.45, 2.75) is 224 Å². The lowest BCUT2D eigenvalue weighted by Gasteiger charge is -2.60. The van der Waals surface area contributed by atoms with Crippen molar-refractivity contribution in [3.8, 4) is 0 Å². The van der Waals surface area contributed by atoms with E-state index in [1.54, 1.807) is 26.8 Å². The molecule has 56 heavy (non-hydrogen) atoms. The standard InChI is InChI=1S/C48H80O8/c1-7-8-9-10-11-12-13-14-15-16-17-18-19-20-21-22-23-24-25-43(52)56-42(28-29-44(2,3)53)47(6,54)41-27-31-48(55)36-32-38(49)37-33-39(50)40(51)34-45(37,4)35(36)26-30-46(41,48)5/h14-15,17-18,32,35,37,39-42,50-51,53-55H,7-13,16,19-31,33-34H2,1-6H3/t35-,37-,39+,40-,41-,42+,45+,46+,47+,48+/m0/s1. The van der Waals surface area contributed by atoms with Gasteiger partial charge in [0.1, 0.15) is 11.7 Å². The third-order valence-corrected chi connectivity index (χ3v) is 14.8. The number of hydrogen-bond donors (Lipinski definition) is 5. The molecular formula is C48H80O8. The van der Waals surface area contributed by atoms with Crippen LogP contribution in [0.15, 0.2) is 36.0 Å². The molecule has 8 heteroatoms. The van der Waals surface area contributed by atoms with Crippen LogP contribution in [0.3, 0.4) is 0 Å². The van der Waals surface area contributed by atoms with E-state index in [-0.39, 0.29) is 36.9 Å². The van der Waals surface area contributed by atoms with Gasteiger partial charge in [-0.2, -0.15) is 0 Å². The molecule has 0 radical (unpaired) electrons. The fourth-order valence-corrected chi connectivity index (χ4v) is 11.3. The monoisotopic (exact) mass is 785 g/mol. The highest BCUT2D eigenvalue weighted by atomic mass is 16.6. The van der Waals surface area contributed by atoms with E-state index >= 15 is 0 Å². The van der Waals surface area contributed by atoms with Crippen LogP contribution in [0.1, 0.15) is 189 Å². The van der Waals surface area contributed by atoms with Crippen molar-refractivity contribution < 1.29 is 39.9 Å². The Kier molecular flexibility index (Phi) is 17.1. The third kappa shape index (κ3) is 11.2. The summed E-state index contributed by atoms with van der Waals surface area (Å²) >= 11 is 0. The van der Waals surface area contributed by atoms with Gasteiger partial charge < -0.3 is 30.3 Å². The van der Waals surface area contributed by atoms with Crippen molar-refractivity contribution in [3.05, 3.63) is 36.0 Å². The van der Waals surface area contributed by atoms with Gasteiger partial charge >= 0.3 is 5.97 Å². The van der Waals surface area contributed by atoms with Crippen molar-refractivity contribution >= 4 is 11.8 Å². The van der Waals surface area contributed by atoms with E-state index in [9.17, 15) is 35.1 Å². The van der Waals surface area contributed by atoms with Crippen LogP contribution in [-0.4, -0.2) is 72.4 Å². The summed E-state index contributed by atoms with van der Waals surface area (Å²) in [5.41, 5.74) is -4.54. The Balaban J connectivity index is 1.28. The van der Waals surface area contributed by atoms with Crippen LogP contribution in [0.25, 0.3) is 0 Å². The van der Waals surface area contributed by atoms with Crippen LogP contribution < -0.4 is 0 Å². The smallest absolute Gasteiger partial charge is 0.306 e. The summed E-state index contributed by atoms with van der Waals surface area (Å²) in [5.74, 6) is -1.42. The highest BCUT2D eigenvalue weighted by Crippen LogP contribution is 2.68. The molecule has 0 bridgehead atoms. The predicted molar refractivity (Wildman–Crippen MR) is 224 cm³/mol. The highest BCUT2D eigenvalue weighted by molar-refractivity contribution is 5.95. The maximum Gasteiger partial charge on any atom is 0.306 e. The molecule has 320 valence electrons. The number of hydrogen-bond acceptors (Lipinski definition) is 8. The number of ether oxygens (including phenoxy) is 1. The number of aliphatic hydroxyl groups excluding tert-OH is 2. The Morgan fingerprint density at radius 1 is 0.857 bits per heavy atom. The summed E-state index contributed by atoms with van der Waals surface area (Å²) in [4.78, 5) is 27.0. The molecule has 4 aliphatic carbocycles. The molecule has 0 heterocycles. The van der Waals surface area contributed by atoms with Gasteiger partial charge in [-0.05, 0) is 140 Å². The number of unbranched alkanes of at least 4 members (excludes halogenated alkanes) is 11. The number of ketones is 1. The van der Waals surface area contributed by atoms with Crippen molar-refractivity contribution in [3.63, 3.8) is 0 Å². The number of carbonyl (C=O) groups excluding carboxylic acids is 2. The zero-order valence-corrected chi connectivity index (χ0v) is 36.1. The predicted octanol–water partition coefficient (Wildman–Crippen LogP) is 9.39. The maximum absolute atomic E-state index is 13.6. The Morgan fingerprint density at radius 2 is 1.46 bits per heavy atom. The van der Waals surface area contributed by atoms with Gasteiger partial charge in [0, 0.05) is 17.8 Å². The van der Waals surface area contributed by atoms with E-state index in [2.05, 4.69) is 31.2 Å². The molecule has 0 aromatic heterocycles. The quantitative estimate of drug-likeness (QED) is 0.0392. The van der Waals surface area contributed by atoms with E-state index in [4.69, 9.17) is 4.74 Å². The van der Waals surface area contributed by atoms with Gasteiger partial charge in [-0.25, -0.2) is 0 Å². The summed E-state index contributed by atoms with van der Waals surface area (Å²) in [6.45, 7) is 11.4. The second kappa shape index (κ2) is 20.4. The van der Waals surface area contributed by atoms with E-state index < -0.39 is 57.8 Å². The topological polar surface area (TPSA) is 145 Å². The molecule has 0 saturated heterocycles. The molecule has 0 aromatic carbocycles. The number of fused-ring (bicyclic) bond motifs is 5. The van der Waals surface area contributed by atoms with E-state index in [0.29, 0.717) is 50.5 Å². The summed E-state index contributed by atoms with van der Waals surface area (Å²) < 4.78 is 6.13. The first-order chi connectivity index (χ1) is 26.4. The minimum absolute atomic E-state index is 0.108. The first kappa shape index (κ1) is 46.8. The maximum atomic E-state index is 13.6. The average Bonchev–Trinajstić information content (AvgIpc) is 3.42. The first-order valence-electron chi connectivity index (χ1n) is 22.7. The SMILES string of the molecule is CCCCCCCCC=CCC=CCCCCCCCC(=O)O[C@H](CCC(C)(C)O)[C@](C)(O)[C@H]1CC[C@@]2(O)C3=CC(=O)[C@@H]4C[C@@H](O)[C@@H](O)C[C@]4(C)[C@H]3CC[C@]12C. The number of rotatable bonds is 23. The minimum atomic E-state index is -1.50. The average molecular weight is 785 g/mol. The van der Waals surface area contributed by atoms with Crippen molar-refractivity contribution in [1.29, 1.82) is 0 Å². The van der Waals surface area contributed by atoms with Crippen LogP contribution in [0.4, 0.5) is 0 Å². The van der Waals surface area contributed by atoms with Gasteiger partial charge in [-0.1, -0.05) is 96.4 Å². The van der Waals surface area contributed by atoms with E-state index in [1.807, 2.05) is 13.8 Å². The van der Waals surface area contributed by atoms with Crippen LogP contribution in [0.5, 0.6) is 0 Å². The summed E-state index contributed by atoms with van der Waals surface area (Å²) in [7, 11) is 0. The van der Waals surface area contributed by atoms with E-state index in [0.717, 1.165) is 38.5 Å². The second-order valence-electron chi connectivity index (χ2n) is 19.7. The molecule has 8 nitrogen and oxygen atoms in total. The number of esters is 1. The molecule has 0 aliphatic heterocycles. The highest BCUT2D eigenvalue weighted by Gasteiger charge is 2.69. The molecule has 0 unspecified atom stereocenters. The molecule has 4 aliphatic rings. The lowest BCUT2D eigenvalue weighted by Crippen LogP contribution is -2.63. The van der Waals surface area contributed by atoms with Crippen LogP contribution >= 0.6 is 0 Å². The van der Waals surface area contributed by atoms with E-state index in [1.165, 1.54) is 44.9 Å². The van der Waals surface area contributed by atoms with Gasteiger partial charge in [0.15, 0.2) is 5.78 Å². The summed E-state index contributed by atoms with van der Waals surface area (Å²) in [6.07, 6.45) is 27.8. The zero-order valence-electron chi connectivity index (χ0n) is 36.1. The van der Waals surface area contributed by atoms with Crippen molar-refractivity contribution in [2.24, 2.45) is 28.6 Å². The molecule has 0 amide bonds. The Labute approximate surface area is 339 Å². The van der Waals surface area contributed by atoms with Crippen LogP contribution in [-0.2, 0) is 14.3 Å². The summed E-state index contributed by atoms with van der Waals surface area (Å²) in [5, 5.41) is 56.9. The molecular weight excluding hydrogens is 705 g/mol. The molecule has 0 aromatic rings. The molecule has 4 rings (SSSR count). The number of allylic oxidation sites excluding steroid dienone is 5. The molecule has 0 spiro atoms. The Hall–Kier alpha value is -1.84. The second-order valence-corrected chi connectivity index (χ2v) is 19.7. The van der Waals surface area contributed by atoms with Gasteiger partial charge in [0.05, 0.1) is 23.4 Å². The van der Waals surface area contributed by atoms with Crippen molar-refractivity contribution in [1.82, 2.24) is 0 Å². The molecule has 3 fully saturated rings. The van der Waals surface area contributed by atoms with Gasteiger partial charge in [0.25, 0.3) is 0 Å². The lowest BCUT2D eigenvalue weighted by atomic mass is 9.45. The van der Waals surface area contributed by atoms with Gasteiger partial charge in [-0.15, -0.1) is 0 Å². The normalized spacial score (nSPS) is 33.5. The van der Waals surface area contributed by atoms with Gasteiger partial charge in [-0.3, -0.25) is 9.59 Å². The Morgan fingerprint density at radius 3 is 2.09 bits per heavy atom. The Bertz CT molecular complexity index is 1360. The molecule has 3 saturated carbocycles. The van der Waals surface area contributed by atoms with Crippen LogP contribution in [0, 0.1) is 28.6 Å². The fourth-order valence-electron chi connectivity index (χ4n) is 11.3. The minimum Gasteiger partial charge on any atom is -0.459 e. The zero-order chi connectivity index (χ0) is 41.2. The largest absolute Gasteiger partial charge is 0.459 e. The lowest BCUT2D eigenvalue weighted by molar-refractivity contribution is -0.194. The van der Waals surface area contributed by atoms with Crippen molar-refractivity contribution in [2.75, 3.05) is 0 Å². The molecule has 5 N–H and O–H groups in total. The first-order valence-corrected chi connectivity index (χ1v) is 22.7. The van der Waals surface area contributed by atoms with Gasteiger partial charge in [0.2, 0.25) is 0 Å². The number of carbonyl (C=O) groups is 2. The van der Waals surface area contributed by atoms with Crippen LogP contribution in [0.2, 0.25) is 0 Å². The molecule has 10 atom stereocenters. The fraction of sp³-hybridized carbons (Fsp3) is 0.833. The summed E-state index contributed by atoms with van der Waals surface area (Å²) in [6, 6.07) is 0.